The molecule has 4 nitrogen and oxygen atoms in total. The number of para-hydroxylation sites is 1. The zero-order valence-corrected chi connectivity index (χ0v) is 18.5. The normalized spacial score (nSPS) is 16.6. The first-order valence-corrected chi connectivity index (χ1v) is 9.83. The molecule has 1 fully saturated rings. The molecular formula is C22H26Cl3N3O. The van der Waals surface area contributed by atoms with Crippen molar-refractivity contribution in [1.82, 2.24) is 9.80 Å². The van der Waals surface area contributed by atoms with Gasteiger partial charge in [-0.1, -0.05) is 48.0 Å². The number of aliphatic hydroxyl groups excluding tert-OH is 1. The first-order chi connectivity index (χ1) is 13.2. The van der Waals surface area contributed by atoms with Crippen molar-refractivity contribution in [3.05, 3.63) is 70.8 Å². The summed E-state index contributed by atoms with van der Waals surface area (Å²) >= 11 is 6.27. The van der Waals surface area contributed by atoms with E-state index in [0.717, 1.165) is 66.8 Å². The SMILES string of the molecule is Cl.Cl.OCCN1CCN(C2=Nc3ccccc3CC=C2c2cccc(Cl)c2)CC1. The molecule has 29 heavy (non-hydrogen) atoms. The lowest BCUT2D eigenvalue weighted by Crippen LogP contribution is -2.49. The highest BCUT2D eigenvalue weighted by atomic mass is 35.5. The molecule has 0 aromatic heterocycles. The zero-order valence-electron chi connectivity index (χ0n) is 16.1. The van der Waals surface area contributed by atoms with E-state index in [1.807, 2.05) is 24.3 Å². The van der Waals surface area contributed by atoms with Gasteiger partial charge in [-0.2, -0.15) is 0 Å². The van der Waals surface area contributed by atoms with Gasteiger partial charge in [-0.15, -0.1) is 24.8 Å². The number of fused-ring (bicyclic) bond motifs is 1. The molecule has 4 rings (SSSR count). The molecule has 0 bridgehead atoms. The average Bonchev–Trinajstić information content (AvgIpc) is 2.89. The van der Waals surface area contributed by atoms with Crippen molar-refractivity contribution >= 4 is 53.5 Å². The maximum atomic E-state index is 9.20. The summed E-state index contributed by atoms with van der Waals surface area (Å²) in [6.45, 7) is 4.62. The minimum atomic E-state index is 0. The van der Waals surface area contributed by atoms with Gasteiger partial charge >= 0.3 is 0 Å². The van der Waals surface area contributed by atoms with Crippen LogP contribution in [-0.4, -0.2) is 60.1 Å². The van der Waals surface area contributed by atoms with Crippen LogP contribution < -0.4 is 0 Å². The molecule has 0 amide bonds. The van der Waals surface area contributed by atoms with E-state index in [4.69, 9.17) is 16.6 Å². The molecule has 2 aromatic carbocycles. The molecule has 1 saturated heterocycles. The van der Waals surface area contributed by atoms with Crippen molar-refractivity contribution in [3.8, 4) is 0 Å². The number of allylic oxidation sites excluding steroid dienone is 1. The van der Waals surface area contributed by atoms with E-state index >= 15 is 0 Å². The third-order valence-electron chi connectivity index (χ3n) is 5.21. The van der Waals surface area contributed by atoms with Gasteiger partial charge in [0.25, 0.3) is 0 Å². The standard InChI is InChI=1S/C22H24ClN3O.2ClH/c23-19-6-3-5-18(16-19)20-9-8-17-4-1-2-7-21(17)24-22(20)26-12-10-25(11-13-26)14-15-27;;/h1-7,9,16,27H,8,10-15H2;2*1H. The Morgan fingerprint density at radius 2 is 1.72 bits per heavy atom. The molecule has 0 aliphatic carbocycles. The summed E-state index contributed by atoms with van der Waals surface area (Å²) in [5, 5.41) is 9.93. The third kappa shape index (κ3) is 5.53. The van der Waals surface area contributed by atoms with Gasteiger partial charge in [-0.25, -0.2) is 4.99 Å². The number of hydrogen-bond acceptors (Lipinski definition) is 4. The number of amidine groups is 1. The third-order valence-corrected chi connectivity index (χ3v) is 5.44. The Balaban J connectivity index is 0.00000150. The molecule has 2 aliphatic heterocycles. The van der Waals surface area contributed by atoms with Crippen molar-refractivity contribution in [2.75, 3.05) is 39.3 Å². The molecular weight excluding hydrogens is 429 g/mol. The van der Waals surface area contributed by atoms with Crippen LogP contribution in [0.2, 0.25) is 5.02 Å². The molecule has 2 aliphatic rings. The Morgan fingerprint density at radius 1 is 0.966 bits per heavy atom. The highest BCUT2D eigenvalue weighted by Gasteiger charge is 2.24. The van der Waals surface area contributed by atoms with Crippen LogP contribution in [0.3, 0.4) is 0 Å². The van der Waals surface area contributed by atoms with Crippen molar-refractivity contribution in [2.45, 2.75) is 6.42 Å². The zero-order chi connectivity index (χ0) is 18.6. The minimum absolute atomic E-state index is 0. The van der Waals surface area contributed by atoms with Crippen molar-refractivity contribution in [1.29, 1.82) is 0 Å². The fourth-order valence-corrected chi connectivity index (χ4v) is 3.93. The Bertz CT molecular complexity index is 877. The number of aliphatic imine (C=N–C) groups is 1. The molecule has 0 spiro atoms. The van der Waals surface area contributed by atoms with Gasteiger partial charge in [0.15, 0.2) is 0 Å². The molecule has 0 unspecified atom stereocenters. The monoisotopic (exact) mass is 453 g/mol. The Morgan fingerprint density at radius 3 is 2.45 bits per heavy atom. The quantitative estimate of drug-likeness (QED) is 0.744. The highest BCUT2D eigenvalue weighted by molar-refractivity contribution is 6.31. The first kappa shape index (κ1) is 23.7. The Labute approximate surface area is 189 Å². The molecule has 1 N–H and O–H groups in total. The smallest absolute Gasteiger partial charge is 0.136 e. The van der Waals surface area contributed by atoms with Crippen LogP contribution in [0.15, 0.2) is 59.6 Å². The second-order valence-corrected chi connectivity index (χ2v) is 7.39. The second-order valence-electron chi connectivity index (χ2n) is 6.95. The maximum Gasteiger partial charge on any atom is 0.136 e. The van der Waals surface area contributed by atoms with Crippen LogP contribution in [0.5, 0.6) is 0 Å². The van der Waals surface area contributed by atoms with Crippen LogP contribution in [0.25, 0.3) is 5.57 Å². The largest absolute Gasteiger partial charge is 0.395 e. The number of aliphatic hydroxyl groups is 1. The van der Waals surface area contributed by atoms with Gasteiger partial charge in [0, 0.05) is 43.3 Å². The number of nitrogens with zero attached hydrogens (tertiary/aromatic N) is 3. The Kier molecular flexibility index (Phi) is 9.00. The minimum Gasteiger partial charge on any atom is -0.395 e. The summed E-state index contributed by atoms with van der Waals surface area (Å²) in [5.41, 5.74) is 4.53. The van der Waals surface area contributed by atoms with Gasteiger partial charge in [-0.3, -0.25) is 4.90 Å². The fraction of sp³-hybridized carbons (Fsp3) is 0.318. The number of halogens is 3. The van der Waals surface area contributed by atoms with Gasteiger partial charge < -0.3 is 10.0 Å². The lowest BCUT2D eigenvalue weighted by molar-refractivity contribution is 0.148. The van der Waals surface area contributed by atoms with Gasteiger partial charge in [-0.05, 0) is 35.7 Å². The summed E-state index contributed by atoms with van der Waals surface area (Å²) in [6, 6.07) is 16.4. The summed E-state index contributed by atoms with van der Waals surface area (Å²) in [5.74, 6) is 1.02. The van der Waals surface area contributed by atoms with E-state index in [9.17, 15) is 5.11 Å². The van der Waals surface area contributed by atoms with Crippen LogP contribution in [0.4, 0.5) is 5.69 Å². The predicted octanol–water partition coefficient (Wildman–Crippen LogP) is 4.46. The van der Waals surface area contributed by atoms with Crippen LogP contribution in [-0.2, 0) is 6.42 Å². The number of piperazine rings is 1. The summed E-state index contributed by atoms with van der Waals surface area (Å²) < 4.78 is 0. The second kappa shape index (κ2) is 11.0. The van der Waals surface area contributed by atoms with Crippen molar-refractivity contribution in [3.63, 3.8) is 0 Å². The molecule has 2 heterocycles. The van der Waals surface area contributed by atoms with E-state index in [0.29, 0.717) is 0 Å². The molecule has 0 radical (unpaired) electrons. The topological polar surface area (TPSA) is 39.1 Å². The number of hydrogen-bond donors (Lipinski definition) is 1. The molecule has 7 heteroatoms. The van der Waals surface area contributed by atoms with Gasteiger partial charge in [0.05, 0.1) is 12.3 Å². The Hall–Kier alpha value is -1.56. The summed E-state index contributed by atoms with van der Waals surface area (Å²) in [4.78, 5) is 9.74. The lowest BCUT2D eigenvalue weighted by atomic mass is 10.0. The number of benzene rings is 2. The van der Waals surface area contributed by atoms with E-state index in [1.54, 1.807) is 0 Å². The van der Waals surface area contributed by atoms with Crippen LogP contribution >= 0.6 is 36.4 Å². The van der Waals surface area contributed by atoms with E-state index in [1.165, 1.54) is 5.56 Å². The number of rotatable bonds is 3. The maximum absolute atomic E-state index is 9.20. The molecule has 0 atom stereocenters. The summed E-state index contributed by atoms with van der Waals surface area (Å²) in [7, 11) is 0. The average molecular weight is 455 g/mol. The van der Waals surface area contributed by atoms with E-state index in [2.05, 4.69) is 40.1 Å². The summed E-state index contributed by atoms with van der Waals surface area (Å²) in [6.07, 6.45) is 3.13. The molecule has 0 saturated carbocycles. The molecule has 156 valence electrons. The van der Waals surface area contributed by atoms with E-state index in [-0.39, 0.29) is 31.4 Å². The van der Waals surface area contributed by atoms with Gasteiger partial charge in [0.1, 0.15) is 5.84 Å². The van der Waals surface area contributed by atoms with Crippen LogP contribution in [0, 0.1) is 0 Å². The van der Waals surface area contributed by atoms with Crippen LogP contribution in [0.1, 0.15) is 11.1 Å². The van der Waals surface area contributed by atoms with Crippen molar-refractivity contribution < 1.29 is 5.11 Å². The predicted molar refractivity (Wildman–Crippen MR) is 126 cm³/mol. The lowest BCUT2D eigenvalue weighted by Gasteiger charge is -2.36. The highest BCUT2D eigenvalue weighted by Crippen LogP contribution is 2.30. The van der Waals surface area contributed by atoms with Gasteiger partial charge in [0.2, 0.25) is 0 Å². The van der Waals surface area contributed by atoms with E-state index < -0.39 is 0 Å². The molecule has 2 aromatic rings. The fourth-order valence-electron chi connectivity index (χ4n) is 3.74. The van der Waals surface area contributed by atoms with Crippen molar-refractivity contribution in [2.24, 2.45) is 4.99 Å². The first-order valence-electron chi connectivity index (χ1n) is 9.46. The number of β-amino-alcohol motifs (C(OH)–C–C–N with tert-alkyl or cyclic N) is 1.